The van der Waals surface area contributed by atoms with Crippen LogP contribution >= 0.6 is 0 Å². The van der Waals surface area contributed by atoms with Gasteiger partial charge in [-0.25, -0.2) is 9.59 Å². The van der Waals surface area contributed by atoms with Crippen molar-refractivity contribution in [2.24, 2.45) is 14.1 Å². The highest BCUT2D eigenvalue weighted by Crippen LogP contribution is 2.44. The average molecular weight is 385 g/mol. The number of fused-ring (bicyclic) bond motifs is 1. The lowest BCUT2D eigenvalue weighted by Gasteiger charge is -2.28. The Bertz CT molecular complexity index is 1160. The number of carbonyl (C=O) groups excluding carboxylic acids is 1. The summed E-state index contributed by atoms with van der Waals surface area (Å²) >= 11 is 0. The number of rotatable bonds is 3. The molecular weight excluding hydrogens is 366 g/mol. The highest BCUT2D eigenvalue weighted by atomic mass is 16.5. The van der Waals surface area contributed by atoms with E-state index >= 15 is 0 Å². The molecule has 0 spiro atoms. The Morgan fingerprint density at radius 1 is 1.07 bits per heavy atom. The fourth-order valence-electron chi connectivity index (χ4n) is 3.75. The second-order valence-electron chi connectivity index (χ2n) is 6.61. The van der Waals surface area contributed by atoms with Gasteiger partial charge in [0.25, 0.3) is 5.56 Å². The summed E-state index contributed by atoms with van der Waals surface area (Å²) in [5.41, 5.74) is 0.918. The smallest absolute Gasteiger partial charge is 0.337 e. The third-order valence-corrected chi connectivity index (χ3v) is 5.18. The number of nitrogens with one attached hydrogen (secondary N) is 1. The first-order valence-corrected chi connectivity index (χ1v) is 8.58. The van der Waals surface area contributed by atoms with Crippen molar-refractivity contribution in [2.75, 3.05) is 26.1 Å². The van der Waals surface area contributed by atoms with Crippen molar-refractivity contribution in [3.8, 4) is 11.5 Å². The highest BCUT2D eigenvalue weighted by molar-refractivity contribution is 5.96. The molecule has 3 heterocycles. The van der Waals surface area contributed by atoms with Crippen molar-refractivity contribution < 1.29 is 19.0 Å². The summed E-state index contributed by atoms with van der Waals surface area (Å²) in [7, 11) is 6.02. The van der Waals surface area contributed by atoms with E-state index in [1.54, 1.807) is 25.2 Å². The lowest BCUT2D eigenvalue weighted by molar-refractivity contribution is -0.136. The third kappa shape index (κ3) is 2.35. The molecule has 0 radical (unpaired) electrons. The first-order valence-electron chi connectivity index (χ1n) is 8.58. The van der Waals surface area contributed by atoms with E-state index in [1.807, 2.05) is 0 Å². The first-order chi connectivity index (χ1) is 13.4. The Morgan fingerprint density at radius 3 is 2.46 bits per heavy atom. The Morgan fingerprint density at radius 2 is 1.79 bits per heavy atom. The van der Waals surface area contributed by atoms with Crippen LogP contribution in [0, 0.1) is 0 Å². The molecule has 0 aliphatic carbocycles. The summed E-state index contributed by atoms with van der Waals surface area (Å²) in [6.07, 6.45) is 0. The summed E-state index contributed by atoms with van der Waals surface area (Å²) < 4.78 is 18.2. The third-order valence-electron chi connectivity index (χ3n) is 5.18. The predicted molar refractivity (Wildman–Crippen MR) is 99.9 cm³/mol. The molecule has 0 unspecified atom stereocenters. The molecule has 1 atom stereocenters. The normalized spacial score (nSPS) is 17.6. The number of carbonyl (C=O) groups is 1. The van der Waals surface area contributed by atoms with Crippen LogP contribution in [0.1, 0.15) is 17.0 Å². The minimum Gasteiger partial charge on any atom is -0.493 e. The van der Waals surface area contributed by atoms with Gasteiger partial charge in [-0.1, -0.05) is 6.07 Å². The molecule has 4 rings (SSSR count). The summed E-state index contributed by atoms with van der Waals surface area (Å²) in [6, 6.07) is 5.20. The van der Waals surface area contributed by atoms with Gasteiger partial charge in [-0.3, -0.25) is 13.9 Å². The largest absolute Gasteiger partial charge is 0.493 e. The molecule has 2 aromatic rings. The number of esters is 1. The maximum absolute atomic E-state index is 13.0. The van der Waals surface area contributed by atoms with Crippen LogP contribution in [0.15, 0.2) is 39.1 Å². The Balaban J connectivity index is 2.05. The van der Waals surface area contributed by atoms with Gasteiger partial charge in [0.2, 0.25) is 0 Å². The van der Waals surface area contributed by atoms with E-state index in [1.165, 1.54) is 25.8 Å². The van der Waals surface area contributed by atoms with E-state index in [-0.39, 0.29) is 6.61 Å². The van der Waals surface area contributed by atoms with Crippen molar-refractivity contribution in [1.82, 2.24) is 9.13 Å². The molecule has 0 amide bonds. The molecule has 2 aliphatic heterocycles. The van der Waals surface area contributed by atoms with Crippen LogP contribution in [-0.4, -0.2) is 35.9 Å². The van der Waals surface area contributed by atoms with Gasteiger partial charge in [0.1, 0.15) is 12.4 Å². The van der Waals surface area contributed by atoms with Crippen molar-refractivity contribution >= 4 is 11.8 Å². The van der Waals surface area contributed by atoms with Crippen molar-refractivity contribution in [3.63, 3.8) is 0 Å². The molecular formula is C19H19N3O6. The fourth-order valence-corrected chi connectivity index (χ4v) is 3.75. The Kier molecular flexibility index (Phi) is 4.02. The number of hydrogen-bond acceptors (Lipinski definition) is 7. The van der Waals surface area contributed by atoms with E-state index in [2.05, 4.69) is 5.32 Å². The lowest BCUT2D eigenvalue weighted by atomic mass is 9.82. The number of methoxy groups -OCH3 is 2. The molecule has 1 N–H and O–H groups in total. The predicted octanol–water partition coefficient (Wildman–Crippen LogP) is 0.469. The van der Waals surface area contributed by atoms with Gasteiger partial charge in [-0.15, -0.1) is 0 Å². The lowest BCUT2D eigenvalue weighted by Crippen LogP contribution is -2.43. The quantitative estimate of drug-likeness (QED) is 0.767. The average Bonchev–Trinajstić information content (AvgIpc) is 3.09. The number of hydrogen-bond donors (Lipinski definition) is 1. The van der Waals surface area contributed by atoms with Gasteiger partial charge < -0.3 is 19.5 Å². The Hall–Kier alpha value is -3.49. The molecule has 1 aromatic carbocycles. The van der Waals surface area contributed by atoms with Crippen LogP contribution in [0.25, 0.3) is 0 Å². The molecule has 0 fully saturated rings. The zero-order valence-electron chi connectivity index (χ0n) is 15.9. The number of anilines is 1. The SMILES string of the molecule is COc1ccc([C@H]2C3=C(COC3=O)Nc3c2c(=O)n(C)c(=O)n3C)cc1OC. The second kappa shape index (κ2) is 6.29. The maximum Gasteiger partial charge on any atom is 0.337 e. The van der Waals surface area contributed by atoms with Gasteiger partial charge in [-0.2, -0.15) is 0 Å². The van der Waals surface area contributed by atoms with Crippen molar-refractivity contribution in [3.05, 3.63) is 61.4 Å². The van der Waals surface area contributed by atoms with Crippen LogP contribution in [0.4, 0.5) is 5.82 Å². The van der Waals surface area contributed by atoms with Gasteiger partial charge >= 0.3 is 11.7 Å². The van der Waals surface area contributed by atoms with E-state index in [0.29, 0.717) is 39.7 Å². The van der Waals surface area contributed by atoms with E-state index in [0.717, 1.165) is 4.57 Å². The van der Waals surface area contributed by atoms with Crippen LogP contribution < -0.4 is 26.0 Å². The molecule has 1 aromatic heterocycles. The van der Waals surface area contributed by atoms with Gasteiger partial charge in [0.05, 0.1) is 37.0 Å². The van der Waals surface area contributed by atoms with Gasteiger partial charge in [0, 0.05) is 14.1 Å². The molecule has 9 heteroatoms. The summed E-state index contributed by atoms with van der Waals surface area (Å²) in [5, 5.41) is 3.04. The fraction of sp³-hybridized carbons (Fsp3) is 0.316. The number of aromatic nitrogens is 2. The summed E-state index contributed by atoms with van der Waals surface area (Å²) in [4.78, 5) is 37.9. The van der Waals surface area contributed by atoms with Crippen LogP contribution in [0.5, 0.6) is 11.5 Å². The molecule has 146 valence electrons. The minimum atomic E-state index is -0.702. The van der Waals surface area contributed by atoms with E-state index in [9.17, 15) is 14.4 Å². The summed E-state index contributed by atoms with van der Waals surface area (Å²) in [5.74, 6) is 0.146. The zero-order chi connectivity index (χ0) is 20.2. The number of nitrogens with zero attached hydrogens (tertiary/aromatic N) is 2. The number of cyclic esters (lactones) is 1. The first kappa shape index (κ1) is 17.9. The van der Waals surface area contributed by atoms with Gasteiger partial charge in [-0.05, 0) is 17.7 Å². The van der Waals surface area contributed by atoms with Crippen molar-refractivity contribution in [1.29, 1.82) is 0 Å². The van der Waals surface area contributed by atoms with Crippen molar-refractivity contribution in [2.45, 2.75) is 5.92 Å². The number of ether oxygens (including phenoxy) is 3. The number of benzene rings is 1. The van der Waals surface area contributed by atoms with Gasteiger partial charge in [0.15, 0.2) is 11.5 Å². The molecule has 0 saturated heterocycles. The van der Waals surface area contributed by atoms with Crippen LogP contribution in [0.3, 0.4) is 0 Å². The summed E-state index contributed by atoms with van der Waals surface area (Å²) in [6.45, 7) is 0.0563. The highest BCUT2D eigenvalue weighted by Gasteiger charge is 2.41. The molecule has 0 bridgehead atoms. The second-order valence-corrected chi connectivity index (χ2v) is 6.61. The van der Waals surface area contributed by atoms with Crippen LogP contribution in [0.2, 0.25) is 0 Å². The molecule has 9 nitrogen and oxygen atoms in total. The van der Waals surface area contributed by atoms with E-state index in [4.69, 9.17) is 14.2 Å². The zero-order valence-corrected chi connectivity index (χ0v) is 15.9. The molecule has 28 heavy (non-hydrogen) atoms. The molecule has 0 saturated carbocycles. The Labute approximate surface area is 159 Å². The van der Waals surface area contributed by atoms with E-state index < -0.39 is 23.1 Å². The monoisotopic (exact) mass is 385 g/mol. The standard InChI is InChI=1S/C19H19N3O6/c1-21-16-15(17(23)22(2)19(21)25)13(14-10(20-16)8-28-18(14)24)9-5-6-11(26-3)12(7-9)27-4/h5-7,13,20H,8H2,1-4H3/t13-/m0/s1. The van der Waals surface area contributed by atoms with Crippen LogP contribution in [-0.2, 0) is 23.6 Å². The minimum absolute atomic E-state index is 0.0563. The molecule has 2 aliphatic rings. The maximum atomic E-state index is 13.0. The topological polar surface area (TPSA) is 101 Å².